The number of aromatic nitrogens is 2. The van der Waals surface area contributed by atoms with Crippen molar-refractivity contribution in [2.45, 2.75) is 13.3 Å². The zero-order valence-corrected chi connectivity index (χ0v) is 11.3. The normalized spacial score (nSPS) is 10.4. The van der Waals surface area contributed by atoms with E-state index in [2.05, 4.69) is 47.3 Å². The maximum absolute atomic E-state index is 5.56. The minimum Gasteiger partial charge on any atom is -0.157 e. The number of benzene rings is 2. The first-order chi connectivity index (χ1) is 9.83. The van der Waals surface area contributed by atoms with Crippen molar-refractivity contribution in [2.24, 2.45) is 0 Å². The van der Waals surface area contributed by atoms with E-state index in [-0.39, 0.29) is 0 Å². The Labute approximate surface area is 118 Å². The molecule has 0 spiro atoms. The van der Waals surface area contributed by atoms with Crippen LogP contribution in [0.5, 0.6) is 0 Å². The summed E-state index contributed by atoms with van der Waals surface area (Å²) in [5, 5.41) is 9.14. The minimum absolute atomic E-state index is 0.787. The second-order valence-corrected chi connectivity index (χ2v) is 4.65. The van der Waals surface area contributed by atoms with Crippen molar-refractivity contribution in [1.82, 2.24) is 10.2 Å². The molecule has 1 heterocycles. The molecule has 2 aromatic carbocycles. The molecule has 0 amide bonds. The molecule has 0 radical (unpaired) electrons. The summed E-state index contributed by atoms with van der Waals surface area (Å²) in [5.74, 6) is 2.68. The fourth-order valence-corrected chi connectivity index (χ4v) is 2.44. The highest BCUT2D eigenvalue weighted by Gasteiger charge is 2.09. The van der Waals surface area contributed by atoms with E-state index in [0.717, 1.165) is 22.9 Å². The third-order valence-corrected chi connectivity index (χ3v) is 3.49. The highest BCUT2D eigenvalue weighted by atomic mass is 15.1. The molecule has 20 heavy (non-hydrogen) atoms. The molecule has 2 nitrogen and oxygen atoms in total. The maximum Gasteiger partial charge on any atom is 0.0945 e. The number of terminal acetylenes is 1. The Morgan fingerprint density at radius 2 is 1.95 bits per heavy atom. The number of hydrogen-bond donors (Lipinski definition) is 0. The van der Waals surface area contributed by atoms with Gasteiger partial charge in [0.15, 0.2) is 0 Å². The fraction of sp³-hybridized carbons (Fsp3) is 0.111. The monoisotopic (exact) mass is 258 g/mol. The van der Waals surface area contributed by atoms with E-state index in [1.54, 1.807) is 6.20 Å². The van der Waals surface area contributed by atoms with Crippen LogP contribution in [0, 0.1) is 12.3 Å². The summed E-state index contributed by atoms with van der Waals surface area (Å²) in [6.45, 7) is 2.14. The molecule has 0 fully saturated rings. The van der Waals surface area contributed by atoms with E-state index in [1.807, 2.05) is 18.2 Å². The quantitative estimate of drug-likeness (QED) is 0.653. The minimum atomic E-state index is 0.787. The van der Waals surface area contributed by atoms with Gasteiger partial charge in [-0.3, -0.25) is 0 Å². The van der Waals surface area contributed by atoms with Crippen molar-refractivity contribution in [3.63, 3.8) is 0 Å². The predicted octanol–water partition coefficient (Wildman–Crippen LogP) is 3.84. The smallest absolute Gasteiger partial charge is 0.0945 e. The second-order valence-electron chi connectivity index (χ2n) is 4.65. The number of nitrogens with zero attached hydrogens (tertiary/aromatic N) is 2. The van der Waals surface area contributed by atoms with Crippen molar-refractivity contribution in [3.05, 3.63) is 59.8 Å². The number of rotatable bonds is 2. The van der Waals surface area contributed by atoms with Crippen LogP contribution in [0.15, 0.2) is 48.7 Å². The molecule has 0 saturated carbocycles. The molecule has 0 saturated heterocycles. The zero-order valence-electron chi connectivity index (χ0n) is 11.3. The SMILES string of the molecule is C#Cc1cnnc2cc(CC)c(-c3ccccc3)cc12. The van der Waals surface area contributed by atoms with Crippen LogP contribution >= 0.6 is 0 Å². The first kappa shape index (κ1) is 12.4. The van der Waals surface area contributed by atoms with Crippen LogP contribution in [0.3, 0.4) is 0 Å². The summed E-state index contributed by atoms with van der Waals surface area (Å²) < 4.78 is 0. The molecule has 0 N–H and O–H groups in total. The first-order valence-corrected chi connectivity index (χ1v) is 6.64. The standard InChI is InChI=1S/C18H14N2/c1-3-13-10-18-17(14(4-2)12-19-20-18)11-16(13)15-8-6-5-7-9-15/h2,5-12H,3H2,1H3. The molecule has 0 unspecified atom stereocenters. The van der Waals surface area contributed by atoms with Crippen molar-refractivity contribution in [2.75, 3.05) is 0 Å². The van der Waals surface area contributed by atoms with Crippen molar-refractivity contribution in [1.29, 1.82) is 0 Å². The molecule has 0 atom stereocenters. The van der Waals surface area contributed by atoms with Crippen LogP contribution < -0.4 is 0 Å². The maximum atomic E-state index is 5.56. The Morgan fingerprint density at radius 3 is 2.65 bits per heavy atom. The van der Waals surface area contributed by atoms with Gasteiger partial charge in [0.2, 0.25) is 0 Å². The van der Waals surface area contributed by atoms with Crippen molar-refractivity contribution >= 4 is 10.9 Å². The van der Waals surface area contributed by atoms with E-state index < -0.39 is 0 Å². The Balaban J connectivity index is 2.34. The van der Waals surface area contributed by atoms with Gasteiger partial charge in [-0.05, 0) is 35.2 Å². The molecular weight excluding hydrogens is 244 g/mol. The molecule has 0 bridgehead atoms. The van der Waals surface area contributed by atoms with Gasteiger partial charge in [-0.1, -0.05) is 43.2 Å². The summed E-state index contributed by atoms with van der Waals surface area (Å²) in [5.41, 5.74) is 5.31. The Kier molecular flexibility index (Phi) is 3.18. The number of fused-ring (bicyclic) bond motifs is 1. The van der Waals surface area contributed by atoms with Gasteiger partial charge >= 0.3 is 0 Å². The van der Waals surface area contributed by atoms with Gasteiger partial charge in [-0.2, -0.15) is 10.2 Å². The van der Waals surface area contributed by atoms with Gasteiger partial charge in [0.05, 0.1) is 17.3 Å². The highest BCUT2D eigenvalue weighted by Crippen LogP contribution is 2.29. The Hall–Kier alpha value is -2.66. The summed E-state index contributed by atoms with van der Waals surface area (Å²) in [4.78, 5) is 0. The van der Waals surface area contributed by atoms with E-state index in [1.165, 1.54) is 16.7 Å². The lowest BCUT2D eigenvalue weighted by molar-refractivity contribution is 1.06. The second kappa shape index (κ2) is 5.14. The van der Waals surface area contributed by atoms with Crippen LogP contribution in [-0.4, -0.2) is 10.2 Å². The summed E-state index contributed by atoms with van der Waals surface area (Å²) in [6.07, 6.45) is 8.15. The number of hydrogen-bond acceptors (Lipinski definition) is 2. The lowest BCUT2D eigenvalue weighted by Gasteiger charge is -2.10. The van der Waals surface area contributed by atoms with Gasteiger partial charge in [0.1, 0.15) is 0 Å². The molecule has 3 aromatic rings. The largest absolute Gasteiger partial charge is 0.157 e. The van der Waals surface area contributed by atoms with E-state index in [4.69, 9.17) is 6.42 Å². The average Bonchev–Trinajstić information content (AvgIpc) is 2.53. The summed E-state index contributed by atoms with van der Waals surface area (Å²) in [6, 6.07) is 14.6. The van der Waals surface area contributed by atoms with Gasteiger partial charge < -0.3 is 0 Å². The molecule has 0 aliphatic carbocycles. The van der Waals surface area contributed by atoms with Crippen LogP contribution in [0.4, 0.5) is 0 Å². The van der Waals surface area contributed by atoms with Crippen LogP contribution in [0.25, 0.3) is 22.0 Å². The number of aryl methyl sites for hydroxylation is 1. The molecular formula is C18H14N2. The molecule has 2 heteroatoms. The van der Waals surface area contributed by atoms with Crippen LogP contribution in [0.2, 0.25) is 0 Å². The lowest BCUT2D eigenvalue weighted by Crippen LogP contribution is -1.93. The third-order valence-electron chi connectivity index (χ3n) is 3.49. The fourth-order valence-electron chi connectivity index (χ4n) is 2.44. The molecule has 3 rings (SSSR count). The van der Waals surface area contributed by atoms with Crippen LogP contribution in [-0.2, 0) is 6.42 Å². The lowest BCUT2D eigenvalue weighted by atomic mass is 9.95. The van der Waals surface area contributed by atoms with E-state index in [9.17, 15) is 0 Å². The third kappa shape index (κ3) is 2.04. The predicted molar refractivity (Wildman–Crippen MR) is 82.3 cm³/mol. The van der Waals surface area contributed by atoms with Gasteiger partial charge in [0, 0.05) is 5.39 Å². The zero-order chi connectivity index (χ0) is 13.9. The molecule has 1 aromatic heterocycles. The highest BCUT2D eigenvalue weighted by molar-refractivity contribution is 5.90. The van der Waals surface area contributed by atoms with Gasteiger partial charge in [-0.15, -0.1) is 6.42 Å². The van der Waals surface area contributed by atoms with Crippen LogP contribution in [0.1, 0.15) is 18.1 Å². The molecule has 0 aliphatic rings. The van der Waals surface area contributed by atoms with Gasteiger partial charge in [0.25, 0.3) is 0 Å². The van der Waals surface area contributed by atoms with E-state index >= 15 is 0 Å². The van der Waals surface area contributed by atoms with Crippen molar-refractivity contribution < 1.29 is 0 Å². The molecule has 96 valence electrons. The van der Waals surface area contributed by atoms with E-state index in [0.29, 0.717) is 0 Å². The topological polar surface area (TPSA) is 25.8 Å². The average molecular weight is 258 g/mol. The summed E-state index contributed by atoms with van der Waals surface area (Å²) in [7, 11) is 0. The Morgan fingerprint density at radius 1 is 1.15 bits per heavy atom. The summed E-state index contributed by atoms with van der Waals surface area (Å²) >= 11 is 0. The Bertz CT molecular complexity index is 799. The van der Waals surface area contributed by atoms with Gasteiger partial charge in [-0.25, -0.2) is 0 Å². The molecule has 0 aliphatic heterocycles. The first-order valence-electron chi connectivity index (χ1n) is 6.64. The van der Waals surface area contributed by atoms with Crippen molar-refractivity contribution in [3.8, 4) is 23.5 Å².